The van der Waals surface area contributed by atoms with Crippen LogP contribution in [0.5, 0.6) is 5.75 Å². The van der Waals surface area contributed by atoms with E-state index >= 15 is 0 Å². The van der Waals surface area contributed by atoms with Crippen LogP contribution in [0.25, 0.3) is 0 Å². The molecule has 0 unspecified atom stereocenters. The number of amides is 1. The third-order valence-corrected chi connectivity index (χ3v) is 4.49. The predicted molar refractivity (Wildman–Crippen MR) is 89.8 cm³/mol. The Kier molecular flexibility index (Phi) is 6.11. The van der Waals surface area contributed by atoms with Crippen LogP contribution >= 0.6 is 0 Å². The van der Waals surface area contributed by atoms with Gasteiger partial charge in [0, 0.05) is 0 Å². The second-order valence-corrected chi connectivity index (χ2v) is 6.49. The molecule has 2 aromatic carbocycles. The van der Waals surface area contributed by atoms with Crippen LogP contribution in [0.1, 0.15) is 10.4 Å². The lowest BCUT2D eigenvalue weighted by molar-refractivity contribution is 0.0997. The van der Waals surface area contributed by atoms with Crippen LogP contribution in [0.15, 0.2) is 53.4 Å². The maximum Gasteiger partial charge on any atom is 0.252 e. The fourth-order valence-corrected chi connectivity index (χ4v) is 2.90. The lowest BCUT2D eigenvalue weighted by atomic mass is 10.2. The molecule has 0 saturated heterocycles. The van der Waals surface area contributed by atoms with Crippen molar-refractivity contribution in [3.8, 4) is 17.6 Å². The van der Waals surface area contributed by atoms with Gasteiger partial charge < -0.3 is 10.5 Å². The summed E-state index contributed by atoms with van der Waals surface area (Å²) in [6.45, 7) is -0.275. The fourth-order valence-electron chi connectivity index (χ4n) is 1.89. The second kappa shape index (κ2) is 8.28. The zero-order valence-electron chi connectivity index (χ0n) is 13.0. The molecule has 8 heteroatoms. The zero-order valence-corrected chi connectivity index (χ0v) is 13.8. The van der Waals surface area contributed by atoms with Crippen molar-refractivity contribution in [1.82, 2.24) is 4.72 Å². The summed E-state index contributed by atoms with van der Waals surface area (Å²) in [7, 11) is -3.98. The van der Waals surface area contributed by atoms with Crippen LogP contribution in [-0.2, 0) is 10.0 Å². The van der Waals surface area contributed by atoms with E-state index in [2.05, 4.69) is 16.6 Å². The number of benzene rings is 2. The smallest absolute Gasteiger partial charge is 0.252 e. The van der Waals surface area contributed by atoms with E-state index in [0.717, 1.165) is 12.1 Å². The first-order chi connectivity index (χ1) is 11.9. The Morgan fingerprint density at radius 1 is 1.12 bits per heavy atom. The molecule has 0 saturated carbocycles. The van der Waals surface area contributed by atoms with Crippen molar-refractivity contribution in [3.05, 3.63) is 59.9 Å². The lowest BCUT2D eigenvalue weighted by Gasteiger charge is -2.06. The average molecular weight is 362 g/mol. The van der Waals surface area contributed by atoms with Crippen LogP contribution in [0.4, 0.5) is 4.39 Å². The largest absolute Gasteiger partial charge is 0.480 e. The maximum absolute atomic E-state index is 13.5. The highest BCUT2D eigenvalue weighted by molar-refractivity contribution is 7.89. The summed E-state index contributed by atoms with van der Waals surface area (Å²) in [6, 6.07) is 11.5. The van der Waals surface area contributed by atoms with Crippen molar-refractivity contribution >= 4 is 15.9 Å². The first kappa shape index (κ1) is 18.4. The van der Waals surface area contributed by atoms with E-state index in [1.165, 1.54) is 18.2 Å². The first-order valence-corrected chi connectivity index (χ1v) is 8.61. The summed E-state index contributed by atoms with van der Waals surface area (Å²) in [6.07, 6.45) is 0. The fraction of sp³-hybridized carbons (Fsp3) is 0.118. The van der Waals surface area contributed by atoms with Crippen LogP contribution in [0, 0.1) is 17.7 Å². The molecule has 2 rings (SSSR count). The summed E-state index contributed by atoms with van der Waals surface area (Å²) in [5.74, 6) is 3.97. The molecule has 2 aromatic rings. The Morgan fingerprint density at radius 2 is 1.80 bits per heavy atom. The Bertz CT molecular complexity index is 933. The highest BCUT2D eigenvalue weighted by Crippen LogP contribution is 2.16. The van der Waals surface area contributed by atoms with Crippen molar-refractivity contribution in [2.75, 3.05) is 13.2 Å². The van der Waals surface area contributed by atoms with Gasteiger partial charge in [0.05, 0.1) is 12.1 Å². The van der Waals surface area contributed by atoms with Gasteiger partial charge in [-0.1, -0.05) is 36.1 Å². The van der Waals surface area contributed by atoms with Crippen LogP contribution in [0.2, 0.25) is 0 Å². The van der Waals surface area contributed by atoms with Gasteiger partial charge >= 0.3 is 0 Å². The number of hydrogen-bond acceptors (Lipinski definition) is 4. The molecule has 25 heavy (non-hydrogen) atoms. The van der Waals surface area contributed by atoms with E-state index in [9.17, 15) is 17.6 Å². The quantitative estimate of drug-likeness (QED) is 0.757. The maximum atomic E-state index is 13.5. The number of carbonyl (C=O) groups excluding carboxylic acids is 1. The molecule has 6 nitrogen and oxygen atoms in total. The number of carbonyl (C=O) groups is 1. The number of para-hydroxylation sites is 1. The van der Waals surface area contributed by atoms with Crippen molar-refractivity contribution in [1.29, 1.82) is 0 Å². The van der Waals surface area contributed by atoms with Crippen LogP contribution in [0.3, 0.4) is 0 Å². The molecule has 0 bridgehead atoms. The summed E-state index contributed by atoms with van der Waals surface area (Å²) in [5.41, 5.74) is 5.45. The Hall–Kier alpha value is -2.89. The van der Waals surface area contributed by atoms with Gasteiger partial charge in [0.2, 0.25) is 10.0 Å². The molecule has 0 heterocycles. The third kappa shape index (κ3) is 5.04. The normalized spacial score (nSPS) is 10.6. The Labute approximate surface area is 144 Å². The summed E-state index contributed by atoms with van der Waals surface area (Å²) in [4.78, 5) is 10.8. The third-order valence-electron chi connectivity index (χ3n) is 3.05. The average Bonchev–Trinajstić information content (AvgIpc) is 2.58. The summed E-state index contributed by atoms with van der Waals surface area (Å²) < 4.78 is 44.8. The number of nitrogens with two attached hydrogens (primary N) is 1. The Morgan fingerprint density at radius 3 is 2.52 bits per heavy atom. The SMILES string of the molecule is NC(=O)c1ccccc1OCC#CCNS(=O)(=O)c1ccccc1F. The molecular weight excluding hydrogens is 347 g/mol. The minimum Gasteiger partial charge on any atom is -0.480 e. The summed E-state index contributed by atoms with van der Waals surface area (Å²) >= 11 is 0. The van der Waals surface area contributed by atoms with E-state index < -0.39 is 26.6 Å². The molecular formula is C17H15FN2O4S. The monoisotopic (exact) mass is 362 g/mol. The van der Waals surface area contributed by atoms with E-state index in [1.54, 1.807) is 18.2 Å². The molecule has 0 aromatic heterocycles. The molecule has 0 spiro atoms. The van der Waals surface area contributed by atoms with E-state index in [0.29, 0.717) is 0 Å². The van der Waals surface area contributed by atoms with Gasteiger partial charge in [-0.15, -0.1) is 0 Å². The van der Waals surface area contributed by atoms with E-state index in [4.69, 9.17) is 10.5 Å². The molecule has 0 atom stereocenters. The number of rotatable bonds is 6. The highest BCUT2D eigenvalue weighted by atomic mass is 32.2. The van der Waals surface area contributed by atoms with Crippen molar-refractivity contribution in [2.45, 2.75) is 4.90 Å². The van der Waals surface area contributed by atoms with E-state index in [-0.39, 0.29) is 24.5 Å². The number of hydrogen-bond donors (Lipinski definition) is 2. The molecule has 0 aliphatic carbocycles. The minimum absolute atomic E-state index is 0.0638. The molecule has 0 fully saturated rings. The van der Waals surface area contributed by atoms with Gasteiger partial charge in [-0.05, 0) is 24.3 Å². The number of nitrogens with one attached hydrogen (secondary N) is 1. The number of halogens is 1. The summed E-state index contributed by atoms with van der Waals surface area (Å²) in [5, 5.41) is 0. The van der Waals surface area contributed by atoms with Gasteiger partial charge in [-0.25, -0.2) is 12.8 Å². The topological polar surface area (TPSA) is 98.5 Å². The van der Waals surface area contributed by atoms with Crippen LogP contribution < -0.4 is 15.2 Å². The number of ether oxygens (including phenoxy) is 1. The molecule has 0 radical (unpaired) electrons. The molecule has 130 valence electrons. The predicted octanol–water partition coefficient (Wildman–Crippen LogP) is 1.29. The van der Waals surface area contributed by atoms with Crippen molar-refractivity contribution in [2.24, 2.45) is 5.73 Å². The molecule has 1 amide bonds. The van der Waals surface area contributed by atoms with E-state index in [1.807, 2.05) is 0 Å². The zero-order chi connectivity index (χ0) is 18.3. The Balaban J connectivity index is 1.90. The second-order valence-electron chi connectivity index (χ2n) is 4.76. The minimum atomic E-state index is -3.98. The van der Waals surface area contributed by atoms with Gasteiger partial charge in [-0.3, -0.25) is 4.79 Å². The van der Waals surface area contributed by atoms with Gasteiger partial charge in [0.1, 0.15) is 23.1 Å². The highest BCUT2D eigenvalue weighted by Gasteiger charge is 2.17. The number of primary amides is 1. The van der Waals surface area contributed by atoms with Gasteiger partial charge in [0.25, 0.3) is 5.91 Å². The number of sulfonamides is 1. The molecule has 0 aliphatic rings. The first-order valence-electron chi connectivity index (χ1n) is 7.13. The van der Waals surface area contributed by atoms with Crippen molar-refractivity contribution < 1.29 is 22.3 Å². The standard InChI is InChI=1S/C17H15FN2O4S/c18-14-8-2-4-10-16(14)25(22,23)20-11-5-6-12-24-15-9-3-1-7-13(15)17(19)21/h1-4,7-10,20H,11-12H2,(H2,19,21). The van der Waals surface area contributed by atoms with Gasteiger partial charge in [0.15, 0.2) is 0 Å². The van der Waals surface area contributed by atoms with Crippen LogP contribution in [-0.4, -0.2) is 27.5 Å². The lowest BCUT2D eigenvalue weighted by Crippen LogP contribution is -2.25. The van der Waals surface area contributed by atoms with Crippen molar-refractivity contribution in [3.63, 3.8) is 0 Å². The molecule has 3 N–H and O–H groups in total. The molecule has 0 aliphatic heterocycles. The van der Waals surface area contributed by atoms with Gasteiger partial charge in [-0.2, -0.15) is 4.72 Å².